The topological polar surface area (TPSA) is 167 Å². The lowest BCUT2D eigenvalue weighted by Crippen LogP contribution is -2.36. The molecule has 0 heterocycles. The largest absolute Gasteiger partial charge is 0.493 e. The predicted octanol–water partition coefficient (Wildman–Crippen LogP) is 1.10. The Kier molecular flexibility index (Phi) is 7.28. The van der Waals surface area contributed by atoms with Gasteiger partial charge in [0.15, 0.2) is 11.5 Å². The van der Waals surface area contributed by atoms with Gasteiger partial charge in [0.25, 0.3) is 10.9 Å². The number of ether oxygens (including phenoxy) is 3. The van der Waals surface area contributed by atoms with Crippen molar-refractivity contribution in [3.05, 3.63) is 27.8 Å². The van der Waals surface area contributed by atoms with Crippen LogP contribution in [-0.2, 0) is 21.5 Å². The van der Waals surface area contributed by atoms with Crippen LogP contribution in [0, 0.1) is 10.1 Å². The molecule has 0 saturated heterocycles. The number of methoxy groups -OCH3 is 2. The van der Waals surface area contributed by atoms with Crippen molar-refractivity contribution in [1.82, 2.24) is 5.32 Å². The van der Waals surface area contributed by atoms with E-state index in [1.807, 2.05) is 0 Å². The van der Waals surface area contributed by atoms with Crippen molar-refractivity contribution in [2.75, 3.05) is 20.8 Å². The lowest BCUT2D eigenvalue weighted by molar-refractivity contribution is -0.385. The zero-order valence-electron chi connectivity index (χ0n) is 14.1. The summed E-state index contributed by atoms with van der Waals surface area (Å²) in [5, 5.41) is 11.9. The second-order valence-corrected chi connectivity index (χ2v) is 5.89. The van der Waals surface area contributed by atoms with Gasteiger partial charge in [-0.25, -0.2) is 4.79 Å². The van der Waals surface area contributed by atoms with Crippen LogP contribution in [0.4, 0.5) is 10.5 Å². The first-order valence-corrected chi connectivity index (χ1v) is 8.43. The number of amidine groups is 1. The Hall–Kier alpha value is -2.93. The molecule has 0 aliphatic rings. The van der Waals surface area contributed by atoms with Crippen LogP contribution in [0.3, 0.4) is 0 Å². The molecule has 144 valence electrons. The lowest BCUT2D eigenvalue weighted by atomic mass is 10.1. The van der Waals surface area contributed by atoms with Crippen molar-refractivity contribution in [2.24, 2.45) is 4.99 Å². The molecule has 0 aliphatic carbocycles. The van der Waals surface area contributed by atoms with Crippen LogP contribution >= 0.6 is 0 Å². The minimum absolute atomic E-state index is 0.0244. The monoisotopic (exact) mass is 391 g/mol. The summed E-state index contributed by atoms with van der Waals surface area (Å²) in [5.41, 5.74) is -0.420. The van der Waals surface area contributed by atoms with E-state index in [1.54, 1.807) is 5.32 Å². The molecule has 0 atom stereocenters. The van der Waals surface area contributed by atoms with E-state index in [0.717, 1.165) is 6.07 Å². The summed E-state index contributed by atoms with van der Waals surface area (Å²) in [6.45, 7) is 0.870. The van der Waals surface area contributed by atoms with Gasteiger partial charge in [0.1, 0.15) is 6.61 Å². The van der Waals surface area contributed by atoms with E-state index in [9.17, 15) is 23.3 Å². The summed E-state index contributed by atoms with van der Waals surface area (Å²) in [4.78, 5) is 25.5. The van der Waals surface area contributed by atoms with E-state index in [2.05, 4.69) is 4.99 Å². The van der Waals surface area contributed by atoms with Crippen molar-refractivity contribution >= 4 is 27.1 Å². The zero-order chi connectivity index (χ0) is 19.9. The zero-order valence-corrected chi connectivity index (χ0v) is 14.9. The first-order valence-electron chi connectivity index (χ1n) is 6.99. The highest BCUT2D eigenvalue weighted by atomic mass is 32.2. The number of hydrogen-bond donors (Lipinski definition) is 2. The average Bonchev–Trinajstić information content (AvgIpc) is 2.57. The Morgan fingerprint density at radius 1 is 1.31 bits per heavy atom. The highest BCUT2D eigenvalue weighted by Crippen LogP contribution is 2.34. The molecule has 1 aromatic rings. The third-order valence-corrected chi connectivity index (χ3v) is 3.62. The van der Waals surface area contributed by atoms with Crippen LogP contribution < -0.4 is 14.8 Å². The number of rotatable bonds is 6. The molecule has 0 spiro atoms. The second-order valence-electron chi connectivity index (χ2n) is 4.55. The number of hydrogen-bond acceptors (Lipinski definition) is 9. The summed E-state index contributed by atoms with van der Waals surface area (Å²) in [7, 11) is -2.13. The molecule has 0 unspecified atom stereocenters. The number of amides is 1. The van der Waals surface area contributed by atoms with Crippen molar-refractivity contribution in [1.29, 1.82) is 0 Å². The van der Waals surface area contributed by atoms with Crippen LogP contribution in [0.5, 0.6) is 11.5 Å². The Morgan fingerprint density at radius 2 is 1.88 bits per heavy atom. The van der Waals surface area contributed by atoms with Gasteiger partial charge in [-0.1, -0.05) is 0 Å². The van der Waals surface area contributed by atoms with Crippen molar-refractivity contribution < 1.29 is 36.9 Å². The van der Waals surface area contributed by atoms with Gasteiger partial charge in [-0.15, -0.1) is 0 Å². The molecule has 1 amide bonds. The van der Waals surface area contributed by atoms with Gasteiger partial charge in [0, 0.05) is 6.54 Å². The minimum atomic E-state index is -4.75. The van der Waals surface area contributed by atoms with Gasteiger partial charge in [0.05, 0.1) is 30.8 Å². The highest BCUT2D eigenvalue weighted by Gasteiger charge is 2.23. The Bertz CT molecular complexity index is 820. The number of carbonyl (C=O) groups is 1. The SMILES string of the molecule is CCN=C(NC(=O)OCc1cc(OC)c(OC)cc1[N+](=O)[O-])S(=O)(=O)O. The summed E-state index contributed by atoms with van der Waals surface area (Å²) >= 11 is 0. The number of benzene rings is 1. The number of nitro groups is 1. The minimum Gasteiger partial charge on any atom is -0.493 e. The Labute approximate surface area is 148 Å². The summed E-state index contributed by atoms with van der Waals surface area (Å²) in [6.07, 6.45) is -1.28. The van der Waals surface area contributed by atoms with Gasteiger partial charge in [0.2, 0.25) is 0 Å². The molecule has 26 heavy (non-hydrogen) atoms. The number of aliphatic imine (C=N–C) groups is 1. The molecule has 0 aromatic heterocycles. The summed E-state index contributed by atoms with van der Waals surface area (Å²) < 4.78 is 45.8. The van der Waals surface area contributed by atoms with Gasteiger partial charge < -0.3 is 14.2 Å². The number of carbonyl (C=O) groups excluding carboxylic acids is 1. The number of nitro benzene ring substituents is 1. The second kappa shape index (κ2) is 8.96. The number of nitrogens with one attached hydrogen (secondary N) is 1. The van der Waals surface area contributed by atoms with Crippen molar-refractivity contribution in [3.8, 4) is 11.5 Å². The molecule has 2 N–H and O–H groups in total. The fourth-order valence-electron chi connectivity index (χ4n) is 1.79. The van der Waals surface area contributed by atoms with Crippen molar-refractivity contribution in [2.45, 2.75) is 13.5 Å². The summed E-state index contributed by atoms with van der Waals surface area (Å²) in [5.74, 6) is 0.277. The number of nitrogens with zero attached hydrogens (tertiary/aromatic N) is 2. The molecule has 0 bridgehead atoms. The van der Waals surface area contributed by atoms with Crippen LogP contribution in [-0.4, -0.2) is 49.9 Å². The molecule has 12 nitrogen and oxygen atoms in total. The number of alkyl carbamates (subject to hydrolysis) is 1. The molecule has 0 fully saturated rings. The van der Waals surface area contributed by atoms with Crippen LogP contribution in [0.2, 0.25) is 0 Å². The normalized spacial score (nSPS) is 11.6. The smallest absolute Gasteiger partial charge is 0.413 e. The molecule has 0 aliphatic heterocycles. The molecule has 13 heteroatoms. The quantitative estimate of drug-likeness (QED) is 0.237. The van der Waals surface area contributed by atoms with Crippen LogP contribution in [0.25, 0.3) is 0 Å². The molecular formula is C13H17N3O9S. The molecule has 1 rings (SSSR count). The maximum absolute atomic E-state index is 11.7. The molecule has 0 saturated carbocycles. The summed E-state index contributed by atoms with van der Waals surface area (Å²) in [6, 6.07) is 2.34. The predicted molar refractivity (Wildman–Crippen MR) is 89.0 cm³/mol. The fourth-order valence-corrected chi connectivity index (χ4v) is 2.30. The van der Waals surface area contributed by atoms with Crippen LogP contribution in [0.1, 0.15) is 12.5 Å². The van der Waals surface area contributed by atoms with Gasteiger partial charge >= 0.3 is 16.2 Å². The molecular weight excluding hydrogens is 374 g/mol. The van der Waals surface area contributed by atoms with Crippen molar-refractivity contribution in [3.63, 3.8) is 0 Å². The van der Waals surface area contributed by atoms with Crippen LogP contribution in [0.15, 0.2) is 17.1 Å². The Balaban J connectivity index is 3.00. The third kappa shape index (κ3) is 5.56. The first kappa shape index (κ1) is 21.1. The molecule has 1 aromatic carbocycles. The first-order chi connectivity index (χ1) is 12.1. The van der Waals surface area contributed by atoms with E-state index in [4.69, 9.17) is 18.8 Å². The standard InChI is InChI=1S/C13H17N3O9S/c1-4-14-12(26(20,21)22)15-13(17)25-7-8-5-10(23-2)11(24-3)6-9(8)16(18)19/h5-6H,4,7H2,1-3H3,(H,14,15,17)(H,20,21,22). The maximum atomic E-state index is 11.7. The third-order valence-electron chi connectivity index (χ3n) is 2.90. The maximum Gasteiger partial charge on any atom is 0.413 e. The van der Waals surface area contributed by atoms with E-state index in [-0.39, 0.29) is 23.6 Å². The molecule has 0 radical (unpaired) electrons. The highest BCUT2D eigenvalue weighted by molar-refractivity contribution is 8.01. The van der Waals surface area contributed by atoms with E-state index < -0.39 is 38.6 Å². The fraction of sp³-hybridized carbons (Fsp3) is 0.385. The average molecular weight is 391 g/mol. The van der Waals surface area contributed by atoms with Gasteiger partial charge in [-0.2, -0.15) is 8.42 Å². The van der Waals surface area contributed by atoms with Gasteiger partial charge in [-0.05, 0) is 13.0 Å². The van der Waals surface area contributed by atoms with Gasteiger partial charge in [-0.3, -0.25) is 25.0 Å². The lowest BCUT2D eigenvalue weighted by Gasteiger charge is -2.11. The van der Waals surface area contributed by atoms with E-state index >= 15 is 0 Å². The van der Waals surface area contributed by atoms with E-state index in [1.165, 1.54) is 27.2 Å². The Morgan fingerprint density at radius 3 is 2.35 bits per heavy atom. The van der Waals surface area contributed by atoms with E-state index in [0.29, 0.717) is 0 Å².